The Balaban J connectivity index is 0.000000234. The van der Waals surface area contributed by atoms with Crippen molar-refractivity contribution >= 4 is 48.0 Å². The van der Waals surface area contributed by atoms with E-state index in [1.54, 1.807) is 130 Å². The van der Waals surface area contributed by atoms with Crippen LogP contribution in [0.3, 0.4) is 0 Å². The fraction of sp³-hybridized carbons (Fsp3) is 0.403. The standard InChI is InChI=1S/C30H31N3O6.C20H22F3N3O4.2C10H14N2O3.C7H8N2O3/c1-19(2)38-29(35)26(17-27-31-14-8-15-32-27)39-28(34)25-13-7-16-33(25)30(36)37-18-24-22-11-5-3-9-20(22)21-10-4-6-12-23(21)24;1-12(2)29-18(27)16(11-17-24-9-4-10-25-17)30-19(28)26-13(3)14-5-7-15(8-6-14)20(21,22)23;2*1-7(2)15-10(14)8(13)6-9-11-4-3-5-12-9;10-5(7(11)12)4-6-8-2-1-3-9-6/h3-6,8-12,14-15,19,24-26H,7,13,16-18H2,1-2H3;4-10,12-13,16H,11H2,1-3H3,(H,26,28);2*3-5,7-8,13H,6H2,1-2H3;1-3,5,10H,4H2,(H,11,12)/t25-,26+;13-,16+;8-;;5-/m001.1/s1. The van der Waals surface area contributed by atoms with Gasteiger partial charge in [-0.15, -0.1) is 0 Å². The van der Waals surface area contributed by atoms with Gasteiger partial charge in [-0.2, -0.15) is 13.2 Å². The SMILES string of the molecule is CC(C)OC(=O)C(O)Cc1ncccn1.CC(C)OC(=O)[C@@H](Cc1ncccn1)OC(=O)N[C@@H](C)c1ccc(C(F)(F)F)cc1.CC(C)OC(=O)[C@@H](Cc1ncccn1)OC(=O)[C@@H]1CCCN1C(=O)OCC1c2ccccc2-c2ccccc21.CC(C)OC(=O)[C@H](O)Cc1ncccn1.O=C(O)[C@H](O)Cc1ncccn1. The van der Waals surface area contributed by atoms with E-state index in [2.05, 4.69) is 79.4 Å². The lowest BCUT2D eigenvalue weighted by Crippen LogP contribution is -2.44. The number of amides is 2. The van der Waals surface area contributed by atoms with Crippen LogP contribution in [0.15, 0.2) is 165 Å². The molecule has 1 aliphatic carbocycles. The lowest BCUT2D eigenvalue weighted by molar-refractivity contribution is -0.172. The number of rotatable bonds is 26. The number of carbonyl (C=O) groups is 8. The zero-order chi connectivity index (χ0) is 81.2. The van der Waals surface area contributed by atoms with Crippen molar-refractivity contribution in [2.24, 2.45) is 0 Å². The van der Waals surface area contributed by atoms with E-state index in [1.165, 1.54) is 41.8 Å². The molecule has 592 valence electrons. The van der Waals surface area contributed by atoms with E-state index >= 15 is 0 Å². The van der Waals surface area contributed by atoms with E-state index in [0.717, 1.165) is 34.4 Å². The zero-order valence-corrected chi connectivity index (χ0v) is 62.3. The van der Waals surface area contributed by atoms with Crippen molar-refractivity contribution in [3.8, 4) is 11.1 Å². The number of carbonyl (C=O) groups excluding carboxylic acids is 7. The predicted molar refractivity (Wildman–Crippen MR) is 387 cm³/mol. The first kappa shape index (κ1) is 88.0. The van der Waals surface area contributed by atoms with Crippen molar-refractivity contribution < 1.29 is 105 Å². The van der Waals surface area contributed by atoms with E-state index in [0.29, 0.717) is 48.2 Å². The molecule has 10 rings (SSSR count). The van der Waals surface area contributed by atoms with Crippen LogP contribution in [-0.4, -0.2) is 197 Å². The summed E-state index contributed by atoms with van der Waals surface area (Å²) in [4.78, 5) is 137. The average Bonchev–Trinajstić information content (AvgIpc) is 1.61. The number of esters is 5. The van der Waals surface area contributed by atoms with Crippen LogP contribution >= 0.6 is 0 Å². The maximum Gasteiger partial charge on any atom is 0.416 e. The smallest absolute Gasteiger partial charge is 0.416 e. The molecule has 1 saturated heterocycles. The Morgan fingerprint density at radius 3 is 1.18 bits per heavy atom. The number of alkyl halides is 3. The first-order valence-electron chi connectivity index (χ1n) is 35.2. The van der Waals surface area contributed by atoms with Gasteiger partial charge in [-0.25, -0.2) is 88.2 Å². The minimum atomic E-state index is -4.45. The summed E-state index contributed by atoms with van der Waals surface area (Å²) in [7, 11) is 0. The largest absolute Gasteiger partial charge is 0.479 e. The maximum atomic E-state index is 13.2. The summed E-state index contributed by atoms with van der Waals surface area (Å²) < 4.78 is 74.7. The third kappa shape index (κ3) is 30.2. The summed E-state index contributed by atoms with van der Waals surface area (Å²) in [5, 5.41) is 38.7. The number of halogens is 3. The van der Waals surface area contributed by atoms with Crippen LogP contribution in [-0.2, 0) is 100 Å². The monoisotopic (exact) mass is 1540 g/mol. The number of nitrogens with zero attached hydrogens (tertiary/aromatic N) is 11. The van der Waals surface area contributed by atoms with Crippen molar-refractivity contribution in [3.63, 3.8) is 0 Å². The van der Waals surface area contributed by atoms with Crippen LogP contribution < -0.4 is 5.32 Å². The average molecular weight is 1540 g/mol. The molecule has 34 heteroatoms. The molecule has 8 aromatic rings. The summed E-state index contributed by atoms with van der Waals surface area (Å²) in [5.41, 5.74) is 4.14. The van der Waals surface area contributed by atoms with Gasteiger partial charge in [-0.3, -0.25) is 4.90 Å². The number of aromatic nitrogens is 10. The third-order valence-corrected chi connectivity index (χ3v) is 15.4. The number of carboxylic acid groups (broad SMARTS) is 1. The number of carboxylic acids is 1. The second kappa shape index (κ2) is 44.5. The van der Waals surface area contributed by atoms with E-state index < -0.39 is 108 Å². The topological polar surface area (TPSA) is 426 Å². The van der Waals surface area contributed by atoms with Crippen molar-refractivity contribution in [2.75, 3.05) is 13.2 Å². The number of alkyl carbamates (subject to hydrolysis) is 1. The molecule has 2 amide bonds. The molecule has 1 unspecified atom stereocenters. The summed E-state index contributed by atoms with van der Waals surface area (Å²) in [5.74, 6) is -2.95. The molecule has 7 atom stereocenters. The van der Waals surface area contributed by atoms with Gasteiger partial charge in [0.05, 0.1) is 48.9 Å². The number of ether oxygens (including phenoxy) is 7. The number of benzene rings is 3. The van der Waals surface area contributed by atoms with E-state index in [1.807, 2.05) is 24.3 Å². The van der Waals surface area contributed by atoms with Crippen molar-refractivity contribution in [1.29, 1.82) is 0 Å². The molecule has 0 radical (unpaired) electrons. The molecular formula is C77H89F3N12O19. The van der Waals surface area contributed by atoms with Crippen molar-refractivity contribution in [1.82, 2.24) is 60.1 Å². The molecular weight excluding hydrogens is 1450 g/mol. The van der Waals surface area contributed by atoms with E-state index in [-0.39, 0.29) is 68.8 Å². The normalized spacial score (nSPS) is 14.3. The quantitative estimate of drug-likeness (QED) is 0.0251. The first-order valence-corrected chi connectivity index (χ1v) is 35.2. The second-order valence-corrected chi connectivity index (χ2v) is 25.6. The number of aliphatic hydroxyl groups excluding tert-OH is 3. The first-order chi connectivity index (χ1) is 52.9. The van der Waals surface area contributed by atoms with Gasteiger partial charge in [0.15, 0.2) is 18.3 Å². The van der Waals surface area contributed by atoms with E-state index in [4.69, 9.17) is 43.4 Å². The Kier molecular flexibility index (Phi) is 35.3. The van der Waals surface area contributed by atoms with Gasteiger partial charge in [0.1, 0.15) is 41.8 Å². The Labute approximate surface area is 637 Å². The van der Waals surface area contributed by atoms with Crippen LogP contribution in [0.5, 0.6) is 0 Å². The number of hydrogen-bond acceptors (Lipinski definition) is 28. The van der Waals surface area contributed by atoms with Crippen LogP contribution in [0.25, 0.3) is 11.1 Å². The van der Waals surface area contributed by atoms with Gasteiger partial charge < -0.3 is 58.9 Å². The van der Waals surface area contributed by atoms with Gasteiger partial charge in [0.2, 0.25) is 12.2 Å². The number of fused-ring (bicyclic) bond motifs is 3. The molecule has 5 aromatic heterocycles. The minimum Gasteiger partial charge on any atom is -0.479 e. The van der Waals surface area contributed by atoms with Crippen LogP contribution in [0.1, 0.15) is 138 Å². The maximum absolute atomic E-state index is 13.2. The molecule has 2 aliphatic rings. The highest BCUT2D eigenvalue weighted by Crippen LogP contribution is 2.45. The van der Waals surface area contributed by atoms with Crippen LogP contribution in [0.4, 0.5) is 22.8 Å². The second-order valence-electron chi connectivity index (χ2n) is 25.6. The minimum absolute atomic E-state index is 0.0319. The highest BCUT2D eigenvalue weighted by molar-refractivity contribution is 5.86. The summed E-state index contributed by atoms with van der Waals surface area (Å²) in [6.07, 6.45) is 2.73. The number of aliphatic carboxylic acids is 1. The highest BCUT2D eigenvalue weighted by Gasteiger charge is 2.40. The van der Waals surface area contributed by atoms with E-state index in [9.17, 15) is 61.7 Å². The lowest BCUT2D eigenvalue weighted by Gasteiger charge is -2.25. The molecule has 0 bridgehead atoms. The Hall–Kier alpha value is -11.9. The number of hydrogen-bond donors (Lipinski definition) is 5. The summed E-state index contributed by atoms with van der Waals surface area (Å²) in [6.45, 7) is 15.7. The zero-order valence-electron chi connectivity index (χ0n) is 62.3. The lowest BCUT2D eigenvalue weighted by atomic mass is 9.98. The highest BCUT2D eigenvalue weighted by atomic mass is 19.4. The fourth-order valence-corrected chi connectivity index (χ4v) is 10.4. The predicted octanol–water partition coefficient (Wildman–Crippen LogP) is 8.27. The summed E-state index contributed by atoms with van der Waals surface area (Å²) in [6, 6.07) is 27.3. The Bertz CT molecular complexity index is 4120. The fourth-order valence-electron chi connectivity index (χ4n) is 10.4. The molecule has 3 aromatic carbocycles. The Morgan fingerprint density at radius 1 is 0.459 bits per heavy atom. The summed E-state index contributed by atoms with van der Waals surface area (Å²) >= 11 is 0. The number of aliphatic hydroxyl groups is 3. The number of nitrogens with one attached hydrogen (secondary N) is 1. The van der Waals surface area contributed by atoms with Crippen LogP contribution in [0, 0.1) is 0 Å². The molecule has 1 aliphatic heterocycles. The Morgan fingerprint density at radius 2 is 0.811 bits per heavy atom. The molecule has 31 nitrogen and oxygen atoms in total. The number of likely N-dealkylation sites (tertiary alicyclic amines) is 1. The molecule has 0 saturated carbocycles. The molecule has 5 N–H and O–H groups in total. The van der Waals surface area contributed by atoms with Gasteiger partial charge in [0.25, 0.3) is 0 Å². The van der Waals surface area contributed by atoms with Crippen molar-refractivity contribution in [2.45, 2.75) is 186 Å². The van der Waals surface area contributed by atoms with Gasteiger partial charge in [0, 0.05) is 93.7 Å². The van der Waals surface area contributed by atoms with Gasteiger partial charge >= 0.3 is 54.2 Å². The third-order valence-electron chi connectivity index (χ3n) is 15.4. The van der Waals surface area contributed by atoms with Crippen LogP contribution in [0.2, 0.25) is 0 Å². The van der Waals surface area contributed by atoms with Gasteiger partial charge in [-0.1, -0.05) is 60.7 Å². The van der Waals surface area contributed by atoms with Gasteiger partial charge in [-0.05, 0) is 145 Å². The molecule has 111 heavy (non-hydrogen) atoms. The molecule has 6 heterocycles. The van der Waals surface area contributed by atoms with Crippen molar-refractivity contribution in [3.05, 3.63) is 216 Å². The molecule has 0 spiro atoms. The molecule has 1 fully saturated rings.